The second-order valence-electron chi connectivity index (χ2n) is 3.89. The highest BCUT2D eigenvalue weighted by Gasteiger charge is 2.12. The van der Waals surface area contributed by atoms with Crippen molar-refractivity contribution < 1.29 is 9.63 Å². The molecule has 1 heterocycles. The average Bonchev–Trinajstić information content (AvgIpc) is 2.75. The first-order valence-corrected chi connectivity index (χ1v) is 6.44. The lowest BCUT2D eigenvalue weighted by Crippen LogP contribution is -1.90. The molecule has 0 fully saturated rings. The van der Waals surface area contributed by atoms with Crippen LogP contribution < -0.4 is 0 Å². The van der Waals surface area contributed by atoms with Crippen LogP contribution in [0.2, 0.25) is 0 Å². The molecule has 0 aliphatic carbocycles. The van der Waals surface area contributed by atoms with Crippen LogP contribution in [0.4, 0.5) is 0 Å². The van der Waals surface area contributed by atoms with Gasteiger partial charge in [-0.25, -0.2) is 0 Å². The van der Waals surface area contributed by atoms with Crippen LogP contribution in [0, 0.1) is 0 Å². The Morgan fingerprint density at radius 2 is 2.12 bits per heavy atom. The van der Waals surface area contributed by atoms with E-state index in [2.05, 4.69) is 24.0 Å². The van der Waals surface area contributed by atoms with Crippen molar-refractivity contribution in [2.45, 2.75) is 24.9 Å². The maximum atomic E-state index is 9.66. The Morgan fingerprint density at radius 1 is 1.35 bits per heavy atom. The van der Waals surface area contributed by atoms with E-state index in [4.69, 9.17) is 4.52 Å². The van der Waals surface area contributed by atoms with Crippen molar-refractivity contribution >= 4 is 11.8 Å². The monoisotopic (exact) mass is 250 g/mol. The number of phenols is 1. The minimum atomic E-state index is 0.152. The van der Waals surface area contributed by atoms with Crippen molar-refractivity contribution in [3.63, 3.8) is 0 Å². The zero-order valence-electron chi connectivity index (χ0n) is 9.75. The van der Waals surface area contributed by atoms with Gasteiger partial charge in [0, 0.05) is 0 Å². The summed E-state index contributed by atoms with van der Waals surface area (Å²) in [5, 5.41) is 14.1. The maximum Gasteiger partial charge on any atom is 0.261 e. The van der Waals surface area contributed by atoms with Crippen LogP contribution in [0.3, 0.4) is 0 Å². The van der Waals surface area contributed by atoms with Crippen molar-refractivity contribution in [2.24, 2.45) is 0 Å². The summed E-state index contributed by atoms with van der Waals surface area (Å²) in [4.78, 5) is 4.25. The van der Waals surface area contributed by atoms with E-state index in [0.717, 1.165) is 5.75 Å². The second kappa shape index (κ2) is 5.23. The van der Waals surface area contributed by atoms with Gasteiger partial charge in [0.05, 0.1) is 11.3 Å². The molecule has 0 atom stereocenters. The fourth-order valence-corrected chi connectivity index (χ4v) is 1.92. The molecule has 1 N–H and O–H groups in total. The predicted molar refractivity (Wildman–Crippen MR) is 67.8 cm³/mol. The lowest BCUT2D eigenvalue weighted by molar-refractivity contribution is 0.419. The third kappa shape index (κ3) is 3.00. The minimum absolute atomic E-state index is 0.152. The van der Waals surface area contributed by atoms with Crippen molar-refractivity contribution in [1.29, 1.82) is 0 Å². The third-order valence-electron chi connectivity index (χ3n) is 2.15. The minimum Gasteiger partial charge on any atom is -0.507 e. The number of hydrogen-bond acceptors (Lipinski definition) is 5. The highest BCUT2D eigenvalue weighted by molar-refractivity contribution is 7.99. The number of nitrogens with zero attached hydrogens (tertiary/aromatic N) is 2. The summed E-state index contributed by atoms with van der Waals surface area (Å²) in [6, 6.07) is 6.93. The van der Waals surface area contributed by atoms with Crippen molar-refractivity contribution in [2.75, 3.05) is 0 Å². The lowest BCUT2D eigenvalue weighted by Gasteiger charge is -1.99. The highest BCUT2D eigenvalue weighted by atomic mass is 32.2. The molecular formula is C12H14N2O2S. The summed E-state index contributed by atoms with van der Waals surface area (Å²) in [5.74, 6) is 1.89. The summed E-state index contributed by atoms with van der Waals surface area (Å²) < 4.78 is 5.13. The largest absolute Gasteiger partial charge is 0.507 e. The number of para-hydroxylation sites is 1. The van der Waals surface area contributed by atoms with Gasteiger partial charge in [-0.05, 0) is 17.4 Å². The Balaban J connectivity index is 2.16. The van der Waals surface area contributed by atoms with Gasteiger partial charge in [0.15, 0.2) is 5.82 Å². The van der Waals surface area contributed by atoms with Gasteiger partial charge in [-0.3, -0.25) is 0 Å². The zero-order chi connectivity index (χ0) is 12.3. The van der Waals surface area contributed by atoms with Crippen LogP contribution in [-0.2, 0) is 5.75 Å². The molecule has 1 aromatic carbocycles. The van der Waals surface area contributed by atoms with Gasteiger partial charge in [0.1, 0.15) is 5.75 Å². The van der Waals surface area contributed by atoms with Gasteiger partial charge in [0.2, 0.25) is 0 Å². The zero-order valence-corrected chi connectivity index (χ0v) is 10.6. The quantitative estimate of drug-likeness (QED) is 0.903. The van der Waals surface area contributed by atoms with Gasteiger partial charge in [0.25, 0.3) is 5.89 Å². The molecule has 0 radical (unpaired) electrons. The van der Waals surface area contributed by atoms with Crippen LogP contribution >= 0.6 is 11.8 Å². The molecule has 0 bridgehead atoms. The van der Waals surface area contributed by atoms with E-state index in [1.165, 1.54) is 0 Å². The molecule has 17 heavy (non-hydrogen) atoms. The summed E-state index contributed by atoms with van der Waals surface area (Å²) in [5.41, 5.74) is 0.570. The molecule has 4 nitrogen and oxygen atoms in total. The average molecular weight is 250 g/mol. The summed E-state index contributed by atoms with van der Waals surface area (Å²) in [6.07, 6.45) is 0. The molecule has 90 valence electrons. The number of aromatic hydroxyl groups is 1. The van der Waals surface area contributed by atoms with E-state index in [1.807, 2.05) is 6.07 Å². The van der Waals surface area contributed by atoms with Crippen LogP contribution in [-0.4, -0.2) is 20.5 Å². The summed E-state index contributed by atoms with van der Waals surface area (Å²) in [6.45, 7) is 4.24. The molecular weight excluding hydrogens is 236 g/mol. The Morgan fingerprint density at radius 3 is 2.82 bits per heavy atom. The molecule has 0 unspecified atom stereocenters. The van der Waals surface area contributed by atoms with Gasteiger partial charge in [-0.15, -0.1) is 0 Å². The van der Waals surface area contributed by atoms with E-state index >= 15 is 0 Å². The lowest BCUT2D eigenvalue weighted by atomic mass is 10.2. The fraction of sp³-hybridized carbons (Fsp3) is 0.333. The Bertz CT molecular complexity index is 497. The summed E-state index contributed by atoms with van der Waals surface area (Å²) >= 11 is 1.75. The molecule has 0 saturated carbocycles. The summed E-state index contributed by atoms with van der Waals surface area (Å²) in [7, 11) is 0. The Labute approximate surface area is 104 Å². The van der Waals surface area contributed by atoms with Crippen LogP contribution in [0.15, 0.2) is 28.8 Å². The number of thioether (sulfide) groups is 1. The molecule has 0 spiro atoms. The Hall–Kier alpha value is -1.49. The number of aromatic nitrogens is 2. The van der Waals surface area contributed by atoms with Crippen LogP contribution in [0.5, 0.6) is 5.75 Å². The smallest absolute Gasteiger partial charge is 0.261 e. The SMILES string of the molecule is CC(C)SCc1noc(-c2ccccc2O)n1. The molecule has 0 amide bonds. The predicted octanol–water partition coefficient (Wildman–Crippen LogP) is 3.08. The molecule has 0 aliphatic rings. The second-order valence-corrected chi connectivity index (χ2v) is 5.46. The molecule has 2 aromatic rings. The molecule has 5 heteroatoms. The van der Waals surface area contributed by atoms with E-state index in [0.29, 0.717) is 22.5 Å². The maximum absolute atomic E-state index is 9.66. The molecule has 0 aliphatic heterocycles. The topological polar surface area (TPSA) is 59.2 Å². The van der Waals surface area contributed by atoms with Crippen LogP contribution in [0.25, 0.3) is 11.5 Å². The Kier molecular flexibility index (Phi) is 3.68. The molecule has 0 saturated heterocycles. The van der Waals surface area contributed by atoms with E-state index in [1.54, 1.807) is 30.0 Å². The van der Waals surface area contributed by atoms with Crippen molar-refractivity contribution in [3.05, 3.63) is 30.1 Å². The molecule has 2 rings (SSSR count). The first-order chi connectivity index (χ1) is 8.16. The van der Waals surface area contributed by atoms with Crippen LogP contribution in [0.1, 0.15) is 19.7 Å². The molecule has 1 aromatic heterocycles. The number of benzene rings is 1. The number of hydrogen-bond donors (Lipinski definition) is 1. The van der Waals surface area contributed by atoms with E-state index in [9.17, 15) is 5.11 Å². The van der Waals surface area contributed by atoms with Crippen molar-refractivity contribution in [1.82, 2.24) is 10.1 Å². The van der Waals surface area contributed by atoms with E-state index < -0.39 is 0 Å². The van der Waals surface area contributed by atoms with Gasteiger partial charge in [-0.1, -0.05) is 31.1 Å². The third-order valence-corrected chi connectivity index (χ3v) is 3.24. The van der Waals surface area contributed by atoms with E-state index in [-0.39, 0.29) is 5.75 Å². The van der Waals surface area contributed by atoms with Crippen molar-refractivity contribution in [3.8, 4) is 17.2 Å². The van der Waals surface area contributed by atoms with Gasteiger partial charge in [-0.2, -0.15) is 16.7 Å². The normalized spacial score (nSPS) is 11.0. The fourth-order valence-electron chi connectivity index (χ4n) is 1.32. The first-order valence-electron chi connectivity index (χ1n) is 5.39. The first kappa shape index (κ1) is 12.0. The number of phenolic OH excluding ortho intramolecular Hbond substituents is 1. The standard InChI is InChI=1S/C12H14N2O2S/c1-8(2)17-7-11-13-12(16-14-11)9-5-3-4-6-10(9)15/h3-6,8,15H,7H2,1-2H3. The van der Waals surface area contributed by atoms with Gasteiger partial charge < -0.3 is 9.63 Å². The highest BCUT2D eigenvalue weighted by Crippen LogP contribution is 2.27. The number of rotatable bonds is 4. The van der Waals surface area contributed by atoms with Gasteiger partial charge >= 0.3 is 0 Å².